The van der Waals surface area contributed by atoms with Gasteiger partial charge < -0.3 is 5.73 Å². The lowest BCUT2D eigenvalue weighted by molar-refractivity contribution is 0.0555. The molecule has 18 heavy (non-hydrogen) atoms. The molecule has 2 amide bonds. The molecular weight excluding hydrogens is 228 g/mol. The summed E-state index contributed by atoms with van der Waals surface area (Å²) < 4.78 is 0. The van der Waals surface area contributed by atoms with Gasteiger partial charge in [0.1, 0.15) is 0 Å². The molecule has 1 aromatic carbocycles. The lowest BCUT2D eigenvalue weighted by Gasteiger charge is -2.27. The van der Waals surface area contributed by atoms with Crippen molar-refractivity contribution in [3.63, 3.8) is 0 Å². The smallest absolute Gasteiger partial charge is 0.261 e. The SMILES string of the molecule is N[C@H]1C[C@@H]2C[C@@H]2[C@H]1N1C(=O)c2ccccc2C1=O. The summed E-state index contributed by atoms with van der Waals surface area (Å²) in [5, 5.41) is 0. The Hall–Kier alpha value is -1.68. The molecule has 4 nitrogen and oxygen atoms in total. The van der Waals surface area contributed by atoms with Crippen LogP contribution in [0.4, 0.5) is 0 Å². The van der Waals surface area contributed by atoms with Crippen molar-refractivity contribution in [3.8, 4) is 0 Å². The predicted octanol–water partition coefficient (Wildman–Crippen LogP) is 1.02. The fourth-order valence-electron chi connectivity index (χ4n) is 3.63. The monoisotopic (exact) mass is 242 g/mol. The van der Waals surface area contributed by atoms with Crippen molar-refractivity contribution in [2.75, 3.05) is 0 Å². The summed E-state index contributed by atoms with van der Waals surface area (Å²) in [6, 6.07) is 6.91. The van der Waals surface area contributed by atoms with Crippen molar-refractivity contribution in [3.05, 3.63) is 35.4 Å². The molecule has 4 rings (SSSR count). The van der Waals surface area contributed by atoms with Crippen LogP contribution in [0.25, 0.3) is 0 Å². The minimum atomic E-state index is -0.163. The Morgan fingerprint density at radius 3 is 2.17 bits per heavy atom. The van der Waals surface area contributed by atoms with Gasteiger partial charge in [-0.15, -0.1) is 0 Å². The van der Waals surface area contributed by atoms with E-state index in [-0.39, 0.29) is 23.9 Å². The van der Waals surface area contributed by atoms with E-state index in [0.29, 0.717) is 23.0 Å². The summed E-state index contributed by atoms with van der Waals surface area (Å²) in [7, 11) is 0. The third kappa shape index (κ3) is 1.13. The van der Waals surface area contributed by atoms with Crippen molar-refractivity contribution in [1.82, 2.24) is 4.90 Å². The van der Waals surface area contributed by atoms with Crippen LogP contribution in [-0.4, -0.2) is 28.8 Å². The molecule has 0 radical (unpaired) electrons. The van der Waals surface area contributed by atoms with Crippen molar-refractivity contribution in [2.45, 2.75) is 24.9 Å². The third-order valence-electron chi connectivity index (χ3n) is 4.55. The molecule has 2 N–H and O–H groups in total. The highest BCUT2D eigenvalue weighted by molar-refractivity contribution is 6.21. The summed E-state index contributed by atoms with van der Waals surface area (Å²) in [5.41, 5.74) is 7.15. The first kappa shape index (κ1) is 10.3. The minimum Gasteiger partial charge on any atom is -0.326 e. The van der Waals surface area contributed by atoms with Crippen LogP contribution in [0.1, 0.15) is 33.6 Å². The van der Waals surface area contributed by atoms with E-state index in [4.69, 9.17) is 5.73 Å². The van der Waals surface area contributed by atoms with Gasteiger partial charge in [0.05, 0.1) is 17.2 Å². The first-order valence-corrected chi connectivity index (χ1v) is 6.41. The maximum Gasteiger partial charge on any atom is 0.261 e. The van der Waals surface area contributed by atoms with Crippen LogP contribution >= 0.6 is 0 Å². The Bertz CT molecular complexity index is 532. The number of imide groups is 1. The fourth-order valence-corrected chi connectivity index (χ4v) is 3.63. The topological polar surface area (TPSA) is 63.4 Å². The highest BCUT2D eigenvalue weighted by atomic mass is 16.2. The Morgan fingerprint density at radius 2 is 1.67 bits per heavy atom. The zero-order chi connectivity index (χ0) is 12.4. The number of amides is 2. The Kier molecular flexibility index (Phi) is 1.83. The first-order chi connectivity index (χ1) is 8.68. The summed E-state index contributed by atoms with van der Waals surface area (Å²) >= 11 is 0. The van der Waals surface area contributed by atoms with Crippen LogP contribution in [0, 0.1) is 11.8 Å². The number of hydrogen-bond donors (Lipinski definition) is 1. The van der Waals surface area contributed by atoms with Crippen LogP contribution in [0.3, 0.4) is 0 Å². The molecule has 0 bridgehead atoms. The number of fused-ring (bicyclic) bond motifs is 2. The van der Waals surface area contributed by atoms with E-state index in [0.717, 1.165) is 12.8 Å². The van der Waals surface area contributed by atoms with Crippen LogP contribution in [-0.2, 0) is 0 Å². The summed E-state index contributed by atoms with van der Waals surface area (Å²) in [6.45, 7) is 0. The molecule has 1 heterocycles. The van der Waals surface area contributed by atoms with Crippen LogP contribution < -0.4 is 5.73 Å². The van der Waals surface area contributed by atoms with E-state index in [2.05, 4.69) is 0 Å². The van der Waals surface area contributed by atoms with Gasteiger partial charge in [-0.05, 0) is 36.8 Å². The number of nitrogens with two attached hydrogens (primary N) is 1. The van der Waals surface area contributed by atoms with Gasteiger partial charge in [0.2, 0.25) is 0 Å². The van der Waals surface area contributed by atoms with E-state index in [1.54, 1.807) is 24.3 Å². The molecule has 0 aromatic heterocycles. The highest BCUT2D eigenvalue weighted by Gasteiger charge is 2.58. The van der Waals surface area contributed by atoms with Crippen molar-refractivity contribution in [1.29, 1.82) is 0 Å². The molecule has 4 heteroatoms. The maximum absolute atomic E-state index is 12.4. The summed E-state index contributed by atoms with van der Waals surface area (Å²) in [5.74, 6) is 0.753. The molecule has 0 saturated heterocycles. The van der Waals surface area contributed by atoms with E-state index >= 15 is 0 Å². The van der Waals surface area contributed by atoms with Gasteiger partial charge >= 0.3 is 0 Å². The Balaban J connectivity index is 1.76. The molecule has 2 aliphatic carbocycles. The van der Waals surface area contributed by atoms with Gasteiger partial charge in [0.25, 0.3) is 11.8 Å². The maximum atomic E-state index is 12.4. The average Bonchev–Trinajstić information content (AvgIpc) is 2.98. The average molecular weight is 242 g/mol. The van der Waals surface area contributed by atoms with Crippen LogP contribution in [0.5, 0.6) is 0 Å². The van der Waals surface area contributed by atoms with Gasteiger partial charge in [-0.1, -0.05) is 12.1 Å². The quantitative estimate of drug-likeness (QED) is 0.748. The molecule has 3 aliphatic rings. The standard InChI is InChI=1S/C14H14N2O2/c15-11-6-7-5-10(7)12(11)16-13(17)8-3-1-2-4-9(8)14(16)18/h1-4,7,10-12H,5-6,15H2/t7-,10-,11-,12+/m0/s1. The summed E-state index contributed by atoms with van der Waals surface area (Å²) in [6.07, 6.45) is 2.06. The molecule has 1 aliphatic heterocycles. The van der Waals surface area contributed by atoms with Gasteiger partial charge in [0, 0.05) is 6.04 Å². The normalized spacial score (nSPS) is 36.8. The fraction of sp³-hybridized carbons (Fsp3) is 0.429. The molecule has 0 spiro atoms. The highest BCUT2D eigenvalue weighted by Crippen LogP contribution is 2.54. The molecule has 4 atom stereocenters. The number of benzene rings is 1. The zero-order valence-electron chi connectivity index (χ0n) is 9.87. The summed E-state index contributed by atoms with van der Waals surface area (Å²) in [4.78, 5) is 26.1. The Labute approximate surface area is 105 Å². The minimum absolute atomic E-state index is 0.0454. The van der Waals surface area contributed by atoms with E-state index in [9.17, 15) is 9.59 Å². The van der Waals surface area contributed by atoms with Gasteiger partial charge in [-0.2, -0.15) is 0 Å². The van der Waals surface area contributed by atoms with Crippen molar-refractivity contribution < 1.29 is 9.59 Å². The first-order valence-electron chi connectivity index (χ1n) is 6.41. The second-order valence-electron chi connectivity index (χ2n) is 5.58. The Morgan fingerprint density at radius 1 is 1.06 bits per heavy atom. The largest absolute Gasteiger partial charge is 0.326 e. The lowest BCUT2D eigenvalue weighted by atomic mass is 10.1. The second kappa shape index (κ2) is 3.20. The number of rotatable bonds is 1. The van der Waals surface area contributed by atoms with Gasteiger partial charge in [-0.3, -0.25) is 14.5 Å². The zero-order valence-corrected chi connectivity index (χ0v) is 9.87. The number of hydrogen-bond acceptors (Lipinski definition) is 3. The second-order valence-corrected chi connectivity index (χ2v) is 5.58. The molecule has 2 fully saturated rings. The molecule has 2 saturated carbocycles. The van der Waals surface area contributed by atoms with Crippen LogP contribution in [0.15, 0.2) is 24.3 Å². The third-order valence-corrected chi connectivity index (χ3v) is 4.55. The molecule has 92 valence electrons. The van der Waals surface area contributed by atoms with Gasteiger partial charge in [0.15, 0.2) is 0 Å². The molecule has 1 aromatic rings. The van der Waals surface area contributed by atoms with Crippen molar-refractivity contribution >= 4 is 11.8 Å². The van der Waals surface area contributed by atoms with Crippen LogP contribution in [0.2, 0.25) is 0 Å². The van der Waals surface area contributed by atoms with E-state index in [1.807, 2.05) is 0 Å². The predicted molar refractivity (Wildman–Crippen MR) is 64.9 cm³/mol. The number of carbonyl (C=O) groups excluding carboxylic acids is 2. The number of carbonyl (C=O) groups is 2. The van der Waals surface area contributed by atoms with Gasteiger partial charge in [-0.25, -0.2) is 0 Å². The lowest BCUT2D eigenvalue weighted by Crippen LogP contribution is -2.49. The van der Waals surface area contributed by atoms with Crippen molar-refractivity contribution in [2.24, 2.45) is 17.6 Å². The van der Waals surface area contributed by atoms with E-state index in [1.165, 1.54) is 4.90 Å². The molecular formula is C14H14N2O2. The molecule has 0 unspecified atom stereocenters. The van der Waals surface area contributed by atoms with E-state index < -0.39 is 0 Å². The number of nitrogens with zero attached hydrogens (tertiary/aromatic N) is 1.